The van der Waals surface area contributed by atoms with E-state index in [2.05, 4.69) is 26.6 Å². The number of methoxy groups -OCH3 is 1. The normalized spacial score (nSPS) is 17.3. The van der Waals surface area contributed by atoms with Crippen molar-refractivity contribution >= 4 is 16.9 Å². The molecule has 1 fully saturated rings. The molecule has 1 amide bonds. The van der Waals surface area contributed by atoms with Gasteiger partial charge in [-0.3, -0.25) is 9.69 Å². The first-order valence-electron chi connectivity index (χ1n) is 10.0. The number of carbonyl (C=O) groups excluding carboxylic acids is 1. The molecular formula is C22H26N4O3. The SMILES string of the molecule is COc1ccc(CC(=O)NCC2CCCN(Cc3ccc4nonc4c3)C2)cc1. The standard InChI is InChI=1S/C22H26N4O3/c1-28-19-7-4-16(5-8-19)12-22(27)23-13-18-3-2-10-26(15-18)14-17-6-9-20-21(11-17)25-29-24-20/h4-9,11,18H,2-3,10,12-15H2,1H3,(H,23,27). The summed E-state index contributed by atoms with van der Waals surface area (Å²) in [5.41, 5.74) is 3.77. The van der Waals surface area contributed by atoms with Crippen LogP contribution >= 0.6 is 0 Å². The summed E-state index contributed by atoms with van der Waals surface area (Å²) in [6.45, 7) is 3.65. The van der Waals surface area contributed by atoms with Gasteiger partial charge in [0, 0.05) is 19.6 Å². The van der Waals surface area contributed by atoms with Crippen LogP contribution in [-0.2, 0) is 17.8 Å². The van der Waals surface area contributed by atoms with Crippen LogP contribution in [0.3, 0.4) is 0 Å². The van der Waals surface area contributed by atoms with Crippen molar-refractivity contribution in [2.24, 2.45) is 5.92 Å². The van der Waals surface area contributed by atoms with Crippen LogP contribution in [0.25, 0.3) is 11.0 Å². The fraction of sp³-hybridized carbons (Fsp3) is 0.409. The Bertz CT molecular complexity index is 954. The summed E-state index contributed by atoms with van der Waals surface area (Å²) in [5, 5.41) is 10.9. The van der Waals surface area contributed by atoms with E-state index in [1.165, 1.54) is 5.56 Å². The first-order valence-corrected chi connectivity index (χ1v) is 10.0. The van der Waals surface area contributed by atoms with Gasteiger partial charge >= 0.3 is 0 Å². The number of piperidine rings is 1. The maximum atomic E-state index is 12.3. The topological polar surface area (TPSA) is 80.5 Å². The van der Waals surface area contributed by atoms with Crippen LogP contribution in [0.4, 0.5) is 0 Å². The van der Waals surface area contributed by atoms with E-state index in [4.69, 9.17) is 9.37 Å². The quantitative estimate of drug-likeness (QED) is 0.664. The fourth-order valence-electron chi connectivity index (χ4n) is 3.90. The second-order valence-corrected chi connectivity index (χ2v) is 7.66. The Hall–Kier alpha value is -2.93. The predicted molar refractivity (Wildman–Crippen MR) is 110 cm³/mol. The van der Waals surface area contributed by atoms with Gasteiger partial charge in [-0.15, -0.1) is 0 Å². The summed E-state index contributed by atoms with van der Waals surface area (Å²) in [7, 11) is 1.64. The molecule has 1 aliphatic rings. The highest BCUT2D eigenvalue weighted by atomic mass is 16.6. The van der Waals surface area contributed by atoms with Crippen molar-refractivity contribution in [1.29, 1.82) is 0 Å². The van der Waals surface area contributed by atoms with Crippen molar-refractivity contribution in [1.82, 2.24) is 20.5 Å². The molecule has 7 nitrogen and oxygen atoms in total. The van der Waals surface area contributed by atoms with Crippen molar-refractivity contribution in [3.63, 3.8) is 0 Å². The largest absolute Gasteiger partial charge is 0.497 e. The van der Waals surface area contributed by atoms with Crippen LogP contribution in [0.2, 0.25) is 0 Å². The van der Waals surface area contributed by atoms with E-state index < -0.39 is 0 Å². The summed E-state index contributed by atoms with van der Waals surface area (Å²) < 4.78 is 9.93. The van der Waals surface area contributed by atoms with Crippen LogP contribution in [0.5, 0.6) is 5.75 Å². The Kier molecular flexibility index (Phi) is 6.05. The third kappa shape index (κ3) is 5.12. The van der Waals surface area contributed by atoms with Crippen molar-refractivity contribution in [2.75, 3.05) is 26.7 Å². The lowest BCUT2D eigenvalue weighted by atomic mass is 9.97. The van der Waals surface area contributed by atoms with Crippen LogP contribution in [0, 0.1) is 5.92 Å². The van der Waals surface area contributed by atoms with Gasteiger partial charge in [0.25, 0.3) is 0 Å². The smallest absolute Gasteiger partial charge is 0.224 e. The molecule has 0 aliphatic carbocycles. The molecular weight excluding hydrogens is 368 g/mol. The number of rotatable bonds is 7. The second-order valence-electron chi connectivity index (χ2n) is 7.66. The van der Waals surface area contributed by atoms with Crippen molar-refractivity contribution < 1.29 is 14.2 Å². The maximum Gasteiger partial charge on any atom is 0.224 e. The zero-order valence-corrected chi connectivity index (χ0v) is 16.6. The number of fused-ring (bicyclic) bond motifs is 1. The van der Waals surface area contributed by atoms with Crippen molar-refractivity contribution in [2.45, 2.75) is 25.8 Å². The number of nitrogens with zero attached hydrogens (tertiary/aromatic N) is 3. The number of carbonyl (C=O) groups is 1. The molecule has 1 saturated heterocycles. The third-order valence-corrected chi connectivity index (χ3v) is 5.44. The molecule has 2 aromatic carbocycles. The summed E-state index contributed by atoms with van der Waals surface area (Å²) >= 11 is 0. The Balaban J connectivity index is 1.25. The molecule has 0 radical (unpaired) electrons. The first-order chi connectivity index (χ1) is 14.2. The third-order valence-electron chi connectivity index (χ3n) is 5.44. The Morgan fingerprint density at radius 3 is 2.79 bits per heavy atom. The molecule has 2 heterocycles. The first kappa shape index (κ1) is 19.4. The number of benzene rings is 2. The Morgan fingerprint density at radius 2 is 1.97 bits per heavy atom. The van der Waals surface area contributed by atoms with E-state index in [0.717, 1.165) is 61.4 Å². The lowest BCUT2D eigenvalue weighted by Gasteiger charge is -2.32. The van der Waals surface area contributed by atoms with E-state index >= 15 is 0 Å². The van der Waals surface area contributed by atoms with E-state index in [0.29, 0.717) is 12.3 Å². The van der Waals surface area contributed by atoms with E-state index in [-0.39, 0.29) is 5.91 Å². The minimum atomic E-state index is 0.0660. The van der Waals surface area contributed by atoms with E-state index in [1.54, 1.807) is 7.11 Å². The molecule has 1 aliphatic heterocycles. The van der Waals surface area contributed by atoms with Gasteiger partial charge in [-0.2, -0.15) is 0 Å². The molecule has 152 valence electrons. The summed E-state index contributed by atoms with van der Waals surface area (Å²) in [4.78, 5) is 14.7. The van der Waals surface area contributed by atoms with Crippen molar-refractivity contribution in [3.8, 4) is 5.75 Å². The summed E-state index contributed by atoms with van der Waals surface area (Å²) in [6.07, 6.45) is 2.69. The zero-order chi connectivity index (χ0) is 20.1. The predicted octanol–water partition coefficient (Wildman–Crippen LogP) is 2.80. The molecule has 1 atom stereocenters. The average Bonchev–Trinajstić information content (AvgIpc) is 3.21. The molecule has 1 aromatic heterocycles. The molecule has 0 bridgehead atoms. The molecule has 7 heteroatoms. The van der Waals surface area contributed by atoms with Gasteiger partial charge in [-0.1, -0.05) is 18.2 Å². The van der Waals surface area contributed by atoms with Gasteiger partial charge < -0.3 is 10.1 Å². The number of ether oxygens (including phenoxy) is 1. The summed E-state index contributed by atoms with van der Waals surface area (Å²) in [6, 6.07) is 13.7. The monoisotopic (exact) mass is 394 g/mol. The molecule has 0 saturated carbocycles. The minimum absolute atomic E-state index is 0.0660. The summed E-state index contributed by atoms with van der Waals surface area (Å²) in [5.74, 6) is 1.34. The molecule has 4 rings (SSSR count). The van der Waals surface area contributed by atoms with Crippen LogP contribution in [-0.4, -0.2) is 47.9 Å². The van der Waals surface area contributed by atoms with Crippen LogP contribution in [0.15, 0.2) is 47.1 Å². The lowest BCUT2D eigenvalue weighted by molar-refractivity contribution is -0.120. The van der Waals surface area contributed by atoms with Gasteiger partial charge in [-0.05, 0) is 71.0 Å². The highest BCUT2D eigenvalue weighted by Gasteiger charge is 2.21. The van der Waals surface area contributed by atoms with Gasteiger partial charge in [0.2, 0.25) is 5.91 Å². The zero-order valence-electron chi connectivity index (χ0n) is 16.6. The molecule has 29 heavy (non-hydrogen) atoms. The number of aromatic nitrogens is 2. The van der Waals surface area contributed by atoms with Crippen LogP contribution < -0.4 is 10.1 Å². The van der Waals surface area contributed by atoms with E-state index in [1.807, 2.05) is 36.4 Å². The highest BCUT2D eigenvalue weighted by molar-refractivity contribution is 5.78. The average molecular weight is 394 g/mol. The Morgan fingerprint density at radius 1 is 1.17 bits per heavy atom. The van der Waals surface area contributed by atoms with Gasteiger partial charge in [0.05, 0.1) is 13.5 Å². The number of amides is 1. The fourth-order valence-corrected chi connectivity index (χ4v) is 3.90. The number of nitrogens with one attached hydrogen (secondary N) is 1. The Labute approximate surface area is 170 Å². The minimum Gasteiger partial charge on any atom is -0.497 e. The lowest BCUT2D eigenvalue weighted by Crippen LogP contribution is -2.40. The van der Waals surface area contributed by atoms with Gasteiger partial charge in [-0.25, -0.2) is 4.63 Å². The highest BCUT2D eigenvalue weighted by Crippen LogP contribution is 2.20. The molecule has 1 unspecified atom stereocenters. The molecule has 1 N–H and O–H groups in total. The van der Waals surface area contributed by atoms with E-state index in [9.17, 15) is 4.79 Å². The van der Waals surface area contributed by atoms with Crippen molar-refractivity contribution in [3.05, 3.63) is 53.6 Å². The number of hydrogen-bond donors (Lipinski definition) is 1. The second kappa shape index (κ2) is 9.05. The maximum absolute atomic E-state index is 12.3. The molecule has 3 aromatic rings. The number of hydrogen-bond acceptors (Lipinski definition) is 6. The van der Waals surface area contributed by atoms with Crippen LogP contribution in [0.1, 0.15) is 24.0 Å². The van der Waals surface area contributed by atoms with Gasteiger partial charge in [0.1, 0.15) is 16.8 Å². The number of likely N-dealkylation sites (tertiary alicyclic amines) is 1. The van der Waals surface area contributed by atoms with Gasteiger partial charge in [0.15, 0.2) is 0 Å². The molecule has 0 spiro atoms.